The molecule has 0 saturated heterocycles. The van der Waals surface area contributed by atoms with Crippen molar-refractivity contribution in [2.24, 2.45) is 0 Å². The summed E-state index contributed by atoms with van der Waals surface area (Å²) in [7, 11) is 0. The number of nitro groups is 1. The Hall–Kier alpha value is -2.90. The third kappa shape index (κ3) is 3.65. The first-order chi connectivity index (χ1) is 10.9. The van der Waals surface area contributed by atoms with E-state index in [4.69, 9.17) is 4.74 Å². The molecule has 0 unspecified atom stereocenters. The SMILES string of the molecule is CCOC(=O)c1cc(NCc2c(C)n[nH]c2C)ccc1[N+](=O)[O-]. The van der Waals surface area contributed by atoms with E-state index in [1.54, 1.807) is 13.0 Å². The molecule has 0 saturated carbocycles. The monoisotopic (exact) mass is 318 g/mol. The zero-order chi connectivity index (χ0) is 17.0. The number of aromatic nitrogens is 2. The van der Waals surface area contributed by atoms with Gasteiger partial charge in [0.25, 0.3) is 5.69 Å². The Labute approximate surface area is 133 Å². The number of hydrogen-bond acceptors (Lipinski definition) is 6. The molecule has 0 bridgehead atoms. The van der Waals surface area contributed by atoms with Crippen molar-refractivity contribution in [1.82, 2.24) is 10.2 Å². The lowest BCUT2D eigenvalue weighted by Crippen LogP contribution is -2.09. The van der Waals surface area contributed by atoms with Crippen molar-refractivity contribution >= 4 is 17.3 Å². The summed E-state index contributed by atoms with van der Waals surface area (Å²) in [4.78, 5) is 22.3. The van der Waals surface area contributed by atoms with Crippen LogP contribution < -0.4 is 5.32 Å². The molecule has 8 nitrogen and oxygen atoms in total. The molecule has 1 aromatic carbocycles. The van der Waals surface area contributed by atoms with Gasteiger partial charge in [0.15, 0.2) is 0 Å². The predicted octanol–water partition coefficient (Wildman–Crippen LogP) is 2.72. The Morgan fingerprint density at radius 3 is 2.74 bits per heavy atom. The van der Waals surface area contributed by atoms with Crippen LogP contribution in [0, 0.1) is 24.0 Å². The predicted molar refractivity (Wildman–Crippen MR) is 84.4 cm³/mol. The first-order valence-electron chi connectivity index (χ1n) is 7.14. The summed E-state index contributed by atoms with van der Waals surface area (Å²) < 4.78 is 4.88. The largest absolute Gasteiger partial charge is 0.462 e. The van der Waals surface area contributed by atoms with Crippen LogP contribution in [-0.2, 0) is 11.3 Å². The van der Waals surface area contributed by atoms with Gasteiger partial charge in [-0.1, -0.05) is 0 Å². The molecule has 0 aliphatic heterocycles. The summed E-state index contributed by atoms with van der Waals surface area (Å²) in [6, 6.07) is 4.29. The van der Waals surface area contributed by atoms with Crippen LogP contribution in [0.1, 0.15) is 34.2 Å². The maximum atomic E-state index is 11.9. The number of esters is 1. The lowest BCUT2D eigenvalue weighted by Gasteiger charge is -2.09. The van der Waals surface area contributed by atoms with Gasteiger partial charge in [-0.2, -0.15) is 5.10 Å². The summed E-state index contributed by atoms with van der Waals surface area (Å²) >= 11 is 0. The van der Waals surface area contributed by atoms with Crippen molar-refractivity contribution in [3.8, 4) is 0 Å². The third-order valence-corrected chi connectivity index (χ3v) is 3.44. The molecule has 122 valence electrons. The van der Waals surface area contributed by atoms with Gasteiger partial charge >= 0.3 is 5.97 Å². The Bertz CT molecular complexity index is 720. The van der Waals surface area contributed by atoms with Gasteiger partial charge in [0.2, 0.25) is 0 Å². The van der Waals surface area contributed by atoms with Gasteiger partial charge in [0.05, 0.1) is 17.2 Å². The molecule has 0 radical (unpaired) electrons. The standard InChI is InChI=1S/C15H18N4O4/c1-4-23-15(20)12-7-11(5-6-14(12)19(21)22)16-8-13-9(2)17-18-10(13)3/h5-7,16H,4,8H2,1-3H3,(H,17,18). The van der Waals surface area contributed by atoms with Gasteiger partial charge in [-0.05, 0) is 32.9 Å². The molecule has 1 heterocycles. The van der Waals surface area contributed by atoms with Crippen LogP contribution in [0.3, 0.4) is 0 Å². The van der Waals surface area contributed by atoms with Crippen LogP contribution in [-0.4, -0.2) is 27.7 Å². The Morgan fingerprint density at radius 1 is 1.43 bits per heavy atom. The van der Waals surface area contributed by atoms with Gasteiger partial charge < -0.3 is 10.1 Å². The summed E-state index contributed by atoms with van der Waals surface area (Å²) in [5.41, 5.74) is 3.09. The number of H-pyrrole nitrogens is 1. The molecule has 2 rings (SSSR count). The fraction of sp³-hybridized carbons (Fsp3) is 0.333. The average molecular weight is 318 g/mol. The van der Waals surface area contributed by atoms with Crippen molar-refractivity contribution in [1.29, 1.82) is 0 Å². The van der Waals surface area contributed by atoms with E-state index in [9.17, 15) is 14.9 Å². The number of benzene rings is 1. The number of aryl methyl sites for hydroxylation is 2. The number of aromatic amines is 1. The molecule has 0 spiro atoms. The number of ether oxygens (including phenoxy) is 1. The van der Waals surface area contributed by atoms with E-state index in [2.05, 4.69) is 15.5 Å². The van der Waals surface area contributed by atoms with E-state index in [0.29, 0.717) is 12.2 Å². The highest BCUT2D eigenvalue weighted by molar-refractivity contribution is 5.95. The molecular formula is C15H18N4O4. The minimum absolute atomic E-state index is 0.0671. The van der Waals surface area contributed by atoms with Gasteiger partial charge in [-0.3, -0.25) is 15.2 Å². The highest BCUT2D eigenvalue weighted by atomic mass is 16.6. The van der Waals surface area contributed by atoms with Crippen LogP contribution in [0.25, 0.3) is 0 Å². The molecule has 23 heavy (non-hydrogen) atoms. The summed E-state index contributed by atoms with van der Waals surface area (Å²) in [5, 5.41) is 21.2. The molecule has 2 aromatic rings. The summed E-state index contributed by atoms with van der Waals surface area (Å²) in [6.07, 6.45) is 0. The van der Waals surface area contributed by atoms with E-state index in [1.807, 2.05) is 13.8 Å². The van der Waals surface area contributed by atoms with Crippen LogP contribution in [0.2, 0.25) is 0 Å². The smallest absolute Gasteiger partial charge is 0.345 e. The lowest BCUT2D eigenvalue weighted by molar-refractivity contribution is -0.385. The highest BCUT2D eigenvalue weighted by Crippen LogP contribution is 2.24. The van der Waals surface area contributed by atoms with Gasteiger partial charge in [-0.25, -0.2) is 4.79 Å². The maximum absolute atomic E-state index is 11.9. The van der Waals surface area contributed by atoms with Crippen molar-refractivity contribution in [2.75, 3.05) is 11.9 Å². The first kappa shape index (κ1) is 16.5. The van der Waals surface area contributed by atoms with E-state index in [1.165, 1.54) is 12.1 Å². The number of hydrogen-bond donors (Lipinski definition) is 2. The van der Waals surface area contributed by atoms with E-state index >= 15 is 0 Å². The minimum atomic E-state index is -0.710. The van der Waals surface area contributed by atoms with E-state index in [-0.39, 0.29) is 17.9 Å². The Kier molecular flexibility index (Phi) is 4.95. The normalized spacial score (nSPS) is 10.4. The maximum Gasteiger partial charge on any atom is 0.345 e. The number of carbonyl (C=O) groups excluding carboxylic acids is 1. The fourth-order valence-electron chi connectivity index (χ4n) is 2.20. The van der Waals surface area contributed by atoms with Crippen molar-refractivity contribution in [3.63, 3.8) is 0 Å². The number of anilines is 1. The highest BCUT2D eigenvalue weighted by Gasteiger charge is 2.21. The number of nitrogens with one attached hydrogen (secondary N) is 2. The van der Waals surface area contributed by atoms with Gasteiger partial charge in [-0.15, -0.1) is 0 Å². The second-order valence-corrected chi connectivity index (χ2v) is 4.98. The minimum Gasteiger partial charge on any atom is -0.462 e. The number of rotatable bonds is 6. The fourth-order valence-corrected chi connectivity index (χ4v) is 2.20. The van der Waals surface area contributed by atoms with Crippen LogP contribution in [0.4, 0.5) is 11.4 Å². The van der Waals surface area contributed by atoms with Crippen LogP contribution >= 0.6 is 0 Å². The Balaban J connectivity index is 2.25. The zero-order valence-corrected chi connectivity index (χ0v) is 13.2. The Morgan fingerprint density at radius 2 is 2.17 bits per heavy atom. The molecule has 0 atom stereocenters. The van der Waals surface area contributed by atoms with E-state index < -0.39 is 10.9 Å². The average Bonchev–Trinajstić information content (AvgIpc) is 2.83. The van der Waals surface area contributed by atoms with Crippen LogP contribution in [0.5, 0.6) is 0 Å². The lowest BCUT2D eigenvalue weighted by atomic mass is 10.1. The molecule has 1 aromatic heterocycles. The van der Waals surface area contributed by atoms with Gasteiger partial charge in [0.1, 0.15) is 5.56 Å². The summed E-state index contributed by atoms with van der Waals surface area (Å²) in [5.74, 6) is -0.710. The molecular weight excluding hydrogens is 300 g/mol. The summed E-state index contributed by atoms with van der Waals surface area (Å²) in [6.45, 7) is 6.10. The van der Waals surface area contributed by atoms with Crippen molar-refractivity contribution < 1.29 is 14.5 Å². The molecule has 2 N–H and O–H groups in total. The number of nitro benzene ring substituents is 1. The molecule has 0 aliphatic carbocycles. The zero-order valence-electron chi connectivity index (χ0n) is 13.2. The van der Waals surface area contributed by atoms with E-state index in [0.717, 1.165) is 17.0 Å². The third-order valence-electron chi connectivity index (χ3n) is 3.44. The molecule has 0 amide bonds. The molecule has 0 aliphatic rings. The second-order valence-electron chi connectivity index (χ2n) is 4.98. The first-order valence-corrected chi connectivity index (χ1v) is 7.14. The van der Waals surface area contributed by atoms with Crippen LogP contribution in [0.15, 0.2) is 18.2 Å². The second kappa shape index (κ2) is 6.91. The quantitative estimate of drug-likeness (QED) is 0.481. The van der Waals surface area contributed by atoms with Crippen molar-refractivity contribution in [2.45, 2.75) is 27.3 Å². The number of nitrogens with zero attached hydrogens (tertiary/aromatic N) is 2. The molecule has 0 fully saturated rings. The number of carbonyl (C=O) groups is 1. The topological polar surface area (TPSA) is 110 Å². The molecule has 8 heteroatoms. The van der Waals surface area contributed by atoms with Gasteiger partial charge in [0, 0.05) is 29.6 Å². The van der Waals surface area contributed by atoms with Crippen molar-refractivity contribution in [3.05, 3.63) is 50.8 Å².